The van der Waals surface area contributed by atoms with Crippen molar-refractivity contribution in [2.45, 2.75) is 33.0 Å². The van der Waals surface area contributed by atoms with Crippen molar-refractivity contribution in [3.05, 3.63) is 10.9 Å². The van der Waals surface area contributed by atoms with Crippen LogP contribution in [0, 0.1) is 6.92 Å². The van der Waals surface area contributed by atoms with Gasteiger partial charge < -0.3 is 9.64 Å². The molecular weight excluding hydrogens is 274 g/mol. The Kier molecular flexibility index (Phi) is 3.49. The first-order valence-electron chi connectivity index (χ1n) is 6.72. The Morgan fingerprint density at radius 1 is 1.35 bits per heavy atom. The molecule has 2 aromatic rings. The molecule has 6 nitrogen and oxygen atoms in total. The number of aromatic nitrogens is 2. The minimum atomic E-state index is 0.192. The molecule has 3 rings (SSSR count). The van der Waals surface area contributed by atoms with Gasteiger partial charge in [0, 0.05) is 18.0 Å². The van der Waals surface area contributed by atoms with E-state index in [1.807, 2.05) is 0 Å². The average Bonchev–Trinajstić information content (AvgIpc) is 2.76. The molecule has 3 heterocycles. The predicted octanol–water partition coefficient (Wildman–Crippen LogP) is 1.90. The van der Waals surface area contributed by atoms with E-state index in [2.05, 4.69) is 47.1 Å². The molecule has 0 bridgehead atoms. The van der Waals surface area contributed by atoms with Gasteiger partial charge >= 0.3 is 0 Å². The minimum absolute atomic E-state index is 0.192. The summed E-state index contributed by atoms with van der Waals surface area (Å²) < 4.78 is 5.79. The van der Waals surface area contributed by atoms with Crippen molar-refractivity contribution in [1.29, 1.82) is 0 Å². The van der Waals surface area contributed by atoms with E-state index < -0.39 is 0 Å². The molecule has 0 unspecified atom stereocenters. The van der Waals surface area contributed by atoms with Crippen molar-refractivity contribution < 1.29 is 4.74 Å². The maximum Gasteiger partial charge on any atom is 0.240 e. The molecule has 1 aliphatic rings. The first-order valence-corrected chi connectivity index (χ1v) is 7.53. The third-order valence-electron chi connectivity index (χ3n) is 3.34. The predicted molar refractivity (Wildman–Crippen MR) is 82.2 cm³/mol. The van der Waals surface area contributed by atoms with Crippen molar-refractivity contribution in [3.8, 4) is 0 Å². The number of morpholine rings is 1. The van der Waals surface area contributed by atoms with Gasteiger partial charge in [-0.2, -0.15) is 4.98 Å². The van der Waals surface area contributed by atoms with Gasteiger partial charge in [0.05, 0.1) is 17.6 Å². The van der Waals surface area contributed by atoms with Crippen molar-refractivity contribution >= 4 is 33.3 Å². The number of ether oxygens (including phenoxy) is 1. The normalized spacial score (nSPS) is 23.3. The first-order chi connectivity index (χ1) is 9.56. The van der Waals surface area contributed by atoms with E-state index in [9.17, 15) is 0 Å². The van der Waals surface area contributed by atoms with Crippen LogP contribution in [0.3, 0.4) is 0 Å². The highest BCUT2D eigenvalue weighted by atomic mass is 32.1. The zero-order valence-electron chi connectivity index (χ0n) is 11.9. The van der Waals surface area contributed by atoms with Gasteiger partial charge in [-0.05, 0) is 26.8 Å². The van der Waals surface area contributed by atoms with E-state index in [4.69, 9.17) is 10.6 Å². The number of aryl methyl sites for hydroxylation is 1. The maximum absolute atomic E-state index is 5.79. The lowest BCUT2D eigenvalue weighted by atomic mass is 10.2. The Bertz CT molecular complexity index is 618. The number of nitrogen functional groups attached to an aromatic ring is 1. The third kappa shape index (κ3) is 2.44. The van der Waals surface area contributed by atoms with Crippen LogP contribution in [0.4, 0.5) is 11.8 Å². The van der Waals surface area contributed by atoms with Gasteiger partial charge in [0.2, 0.25) is 5.95 Å². The topological polar surface area (TPSA) is 76.3 Å². The van der Waals surface area contributed by atoms with Crippen molar-refractivity contribution in [2.75, 3.05) is 23.4 Å². The van der Waals surface area contributed by atoms with Crippen LogP contribution in [0.1, 0.15) is 18.7 Å². The lowest BCUT2D eigenvalue weighted by molar-refractivity contribution is -0.00536. The number of thiophene rings is 1. The molecule has 0 spiro atoms. The molecule has 0 saturated carbocycles. The fourth-order valence-electron chi connectivity index (χ4n) is 2.68. The molecule has 0 aliphatic carbocycles. The number of nitrogens with two attached hydrogens (primary N) is 1. The fraction of sp³-hybridized carbons (Fsp3) is 0.538. The lowest BCUT2D eigenvalue weighted by Gasteiger charge is -2.36. The van der Waals surface area contributed by atoms with Crippen LogP contribution in [0.2, 0.25) is 0 Å². The molecule has 0 aromatic carbocycles. The number of fused-ring (bicyclic) bond motifs is 1. The Hall–Kier alpha value is -1.44. The molecule has 7 heteroatoms. The molecule has 2 atom stereocenters. The minimum Gasteiger partial charge on any atom is -0.372 e. The Morgan fingerprint density at radius 2 is 2.05 bits per heavy atom. The third-order valence-corrected chi connectivity index (χ3v) is 4.29. The number of nitrogens with zero attached hydrogens (tertiary/aromatic N) is 3. The maximum atomic E-state index is 5.79. The van der Waals surface area contributed by atoms with Crippen LogP contribution < -0.4 is 16.2 Å². The smallest absolute Gasteiger partial charge is 0.240 e. The standard InChI is InChI=1S/C13H19N5OS/c1-7-5-18(6-8(2)19-7)11-10-4-9(3)20-12(10)16-13(15-11)17-14/h4,7-8H,5-6,14H2,1-3H3,(H,15,16,17)/t7-,8+. The highest BCUT2D eigenvalue weighted by molar-refractivity contribution is 7.18. The summed E-state index contributed by atoms with van der Waals surface area (Å²) in [6.45, 7) is 7.91. The molecular formula is C13H19N5OS. The molecule has 1 fully saturated rings. The molecule has 20 heavy (non-hydrogen) atoms. The summed E-state index contributed by atoms with van der Waals surface area (Å²) in [5.74, 6) is 6.89. The number of anilines is 2. The van der Waals surface area contributed by atoms with E-state index in [1.54, 1.807) is 11.3 Å². The highest BCUT2D eigenvalue weighted by Crippen LogP contribution is 2.32. The molecule has 0 radical (unpaired) electrons. The van der Waals surface area contributed by atoms with Gasteiger partial charge in [-0.1, -0.05) is 0 Å². The fourth-order valence-corrected chi connectivity index (χ4v) is 3.56. The van der Waals surface area contributed by atoms with Gasteiger partial charge in [-0.3, -0.25) is 5.43 Å². The summed E-state index contributed by atoms with van der Waals surface area (Å²) in [4.78, 5) is 13.4. The Balaban J connectivity index is 2.08. The van der Waals surface area contributed by atoms with Crippen molar-refractivity contribution in [1.82, 2.24) is 9.97 Å². The van der Waals surface area contributed by atoms with Gasteiger partial charge in [-0.15, -0.1) is 11.3 Å². The summed E-state index contributed by atoms with van der Waals surface area (Å²) >= 11 is 1.66. The van der Waals surface area contributed by atoms with Crippen molar-refractivity contribution in [2.24, 2.45) is 5.84 Å². The lowest BCUT2D eigenvalue weighted by Crippen LogP contribution is -2.46. The van der Waals surface area contributed by atoms with Crippen molar-refractivity contribution in [3.63, 3.8) is 0 Å². The van der Waals surface area contributed by atoms with Crippen LogP contribution in [-0.2, 0) is 4.74 Å². The Morgan fingerprint density at radius 3 is 2.70 bits per heavy atom. The second-order valence-electron chi connectivity index (χ2n) is 5.25. The van der Waals surface area contributed by atoms with E-state index in [0.717, 1.165) is 29.1 Å². The van der Waals surface area contributed by atoms with E-state index >= 15 is 0 Å². The Labute approximate surface area is 121 Å². The zero-order chi connectivity index (χ0) is 14.3. The highest BCUT2D eigenvalue weighted by Gasteiger charge is 2.25. The van der Waals surface area contributed by atoms with Gasteiger partial charge in [0.1, 0.15) is 10.6 Å². The number of hydrogen-bond donors (Lipinski definition) is 2. The molecule has 0 amide bonds. The number of nitrogens with one attached hydrogen (secondary N) is 1. The quantitative estimate of drug-likeness (QED) is 0.650. The van der Waals surface area contributed by atoms with Crippen LogP contribution in [-0.4, -0.2) is 35.3 Å². The SMILES string of the molecule is Cc1cc2c(N3C[C@@H](C)O[C@@H](C)C3)nc(NN)nc2s1. The second kappa shape index (κ2) is 5.16. The largest absolute Gasteiger partial charge is 0.372 e. The molecule has 1 saturated heterocycles. The zero-order valence-corrected chi connectivity index (χ0v) is 12.7. The van der Waals surface area contributed by atoms with E-state index in [-0.39, 0.29) is 12.2 Å². The molecule has 2 aromatic heterocycles. The van der Waals surface area contributed by atoms with Crippen LogP contribution in [0.25, 0.3) is 10.2 Å². The summed E-state index contributed by atoms with van der Waals surface area (Å²) in [5.41, 5.74) is 2.56. The second-order valence-corrected chi connectivity index (χ2v) is 6.49. The first kappa shape index (κ1) is 13.5. The summed E-state index contributed by atoms with van der Waals surface area (Å²) in [5, 5.41) is 1.09. The van der Waals surface area contributed by atoms with Gasteiger partial charge in [-0.25, -0.2) is 10.8 Å². The number of hydrogen-bond acceptors (Lipinski definition) is 7. The molecule has 108 valence electrons. The van der Waals surface area contributed by atoms with Gasteiger partial charge in [0.25, 0.3) is 0 Å². The summed E-state index contributed by atoms with van der Waals surface area (Å²) in [7, 11) is 0. The number of rotatable bonds is 2. The van der Waals surface area contributed by atoms with Crippen LogP contribution in [0.5, 0.6) is 0 Å². The molecule has 1 aliphatic heterocycles. The van der Waals surface area contributed by atoms with E-state index in [1.165, 1.54) is 4.88 Å². The summed E-state index contributed by atoms with van der Waals surface area (Å²) in [6.07, 6.45) is 0.385. The van der Waals surface area contributed by atoms with Crippen LogP contribution in [0.15, 0.2) is 6.07 Å². The average molecular weight is 293 g/mol. The number of hydrazine groups is 1. The van der Waals surface area contributed by atoms with E-state index in [0.29, 0.717) is 5.95 Å². The van der Waals surface area contributed by atoms with Crippen LogP contribution >= 0.6 is 11.3 Å². The monoisotopic (exact) mass is 293 g/mol. The summed E-state index contributed by atoms with van der Waals surface area (Å²) in [6, 6.07) is 2.14. The van der Waals surface area contributed by atoms with Gasteiger partial charge in [0.15, 0.2) is 0 Å². The molecule has 3 N–H and O–H groups in total.